The van der Waals surface area contributed by atoms with Gasteiger partial charge in [-0.15, -0.1) is 0 Å². The summed E-state index contributed by atoms with van der Waals surface area (Å²) in [7, 11) is -3.69. The maximum absolute atomic E-state index is 12.9. The van der Waals surface area contributed by atoms with Crippen LogP contribution in [-0.2, 0) is 9.84 Å². The smallest absolute Gasteiger partial charge is 0.366 e. The molecule has 21 heavy (non-hydrogen) atoms. The number of nitro groups is 1. The van der Waals surface area contributed by atoms with Gasteiger partial charge in [-0.25, -0.2) is 8.42 Å². The van der Waals surface area contributed by atoms with Crippen LogP contribution in [0.1, 0.15) is 12.8 Å². The minimum Gasteiger partial charge on any atom is -0.366 e. The van der Waals surface area contributed by atoms with Gasteiger partial charge in [-0.05, 0) is 25.0 Å². The molecule has 1 aliphatic rings. The van der Waals surface area contributed by atoms with Crippen LogP contribution < -0.4 is 5.32 Å². The molecule has 0 aromatic heterocycles. The zero-order valence-electron chi connectivity index (χ0n) is 10.8. The molecule has 1 saturated carbocycles. The summed E-state index contributed by atoms with van der Waals surface area (Å²) in [5.41, 5.74) is -3.21. The molecule has 1 aliphatic carbocycles. The van der Waals surface area contributed by atoms with Gasteiger partial charge in [-0.3, -0.25) is 10.1 Å². The minimum atomic E-state index is -4.53. The Labute approximate surface area is 118 Å². The minimum absolute atomic E-state index is 0.179. The van der Waals surface area contributed by atoms with Crippen molar-refractivity contribution in [2.75, 3.05) is 11.6 Å². The highest BCUT2D eigenvalue weighted by molar-refractivity contribution is 7.90. The number of hydrogen-bond donors (Lipinski definition) is 1. The second-order valence-corrected chi connectivity index (χ2v) is 6.93. The molecule has 116 valence electrons. The van der Waals surface area contributed by atoms with E-state index in [1.807, 2.05) is 0 Å². The molecule has 0 heterocycles. The van der Waals surface area contributed by atoms with Crippen LogP contribution in [0.4, 0.5) is 24.5 Å². The van der Waals surface area contributed by atoms with E-state index in [4.69, 9.17) is 0 Å². The standard InChI is InChI=1S/C11H11F3N2O4S/c1-21(19,20)7-2-3-8(9(6-7)16(17)18)15-10(4-5-10)11(12,13)14/h2-3,6,15H,4-5H2,1H3. The van der Waals surface area contributed by atoms with Crippen molar-refractivity contribution in [3.05, 3.63) is 28.3 Å². The third-order valence-electron chi connectivity index (χ3n) is 3.26. The summed E-state index contributed by atoms with van der Waals surface area (Å²) in [6, 6.07) is 2.78. The molecular weight excluding hydrogens is 313 g/mol. The maximum atomic E-state index is 12.9. The molecule has 1 fully saturated rings. The molecule has 1 aromatic rings. The highest BCUT2D eigenvalue weighted by Crippen LogP contribution is 2.52. The van der Waals surface area contributed by atoms with Gasteiger partial charge in [0.25, 0.3) is 5.69 Å². The zero-order chi connectivity index (χ0) is 16.1. The van der Waals surface area contributed by atoms with Crippen molar-refractivity contribution in [3.8, 4) is 0 Å². The Kier molecular flexibility index (Phi) is 3.39. The lowest BCUT2D eigenvalue weighted by molar-refractivity contribution is -0.384. The van der Waals surface area contributed by atoms with E-state index in [2.05, 4.69) is 5.32 Å². The molecule has 1 aromatic carbocycles. The van der Waals surface area contributed by atoms with Crippen LogP contribution in [0.5, 0.6) is 0 Å². The number of alkyl halides is 3. The number of benzene rings is 1. The Morgan fingerprint density at radius 3 is 2.29 bits per heavy atom. The van der Waals surface area contributed by atoms with Gasteiger partial charge in [-0.1, -0.05) is 0 Å². The molecule has 0 amide bonds. The van der Waals surface area contributed by atoms with Gasteiger partial charge in [-0.2, -0.15) is 13.2 Å². The lowest BCUT2D eigenvalue weighted by Gasteiger charge is -2.21. The number of sulfone groups is 1. The summed E-state index contributed by atoms with van der Waals surface area (Å²) in [6.07, 6.45) is -4.03. The molecule has 0 radical (unpaired) electrons. The molecule has 10 heteroatoms. The molecule has 0 unspecified atom stereocenters. The predicted octanol–water partition coefficient (Wildman–Crippen LogP) is 2.51. The number of hydrogen-bond acceptors (Lipinski definition) is 5. The Morgan fingerprint density at radius 2 is 1.90 bits per heavy atom. The summed E-state index contributed by atoms with van der Waals surface area (Å²) in [5.74, 6) is 0. The summed E-state index contributed by atoms with van der Waals surface area (Å²) in [6.45, 7) is 0. The highest BCUT2D eigenvalue weighted by Gasteiger charge is 2.64. The summed E-state index contributed by atoms with van der Waals surface area (Å²) in [5, 5.41) is 13.1. The van der Waals surface area contributed by atoms with Crippen LogP contribution >= 0.6 is 0 Å². The topological polar surface area (TPSA) is 89.3 Å². The zero-order valence-corrected chi connectivity index (χ0v) is 11.6. The molecule has 6 nitrogen and oxygen atoms in total. The maximum Gasteiger partial charge on any atom is 0.411 e. The molecule has 0 spiro atoms. The van der Waals surface area contributed by atoms with E-state index in [1.165, 1.54) is 0 Å². The van der Waals surface area contributed by atoms with Gasteiger partial charge in [0.15, 0.2) is 9.84 Å². The Bertz CT molecular complexity index is 696. The number of rotatable bonds is 4. The van der Waals surface area contributed by atoms with Crippen molar-refractivity contribution < 1.29 is 26.5 Å². The Balaban J connectivity index is 2.44. The van der Waals surface area contributed by atoms with Gasteiger partial charge in [0.2, 0.25) is 0 Å². The molecule has 0 saturated heterocycles. The molecule has 0 aliphatic heterocycles. The second-order valence-electron chi connectivity index (χ2n) is 4.91. The quantitative estimate of drug-likeness (QED) is 0.679. The van der Waals surface area contributed by atoms with Gasteiger partial charge in [0.1, 0.15) is 11.2 Å². The number of nitrogens with zero attached hydrogens (tertiary/aromatic N) is 1. The van der Waals surface area contributed by atoms with E-state index in [1.54, 1.807) is 0 Å². The number of nitrogens with one attached hydrogen (secondary N) is 1. The molecule has 2 rings (SSSR count). The predicted molar refractivity (Wildman–Crippen MR) is 67.8 cm³/mol. The monoisotopic (exact) mass is 324 g/mol. The fourth-order valence-electron chi connectivity index (χ4n) is 1.86. The lowest BCUT2D eigenvalue weighted by atomic mass is 10.2. The van der Waals surface area contributed by atoms with Crippen LogP contribution in [0.15, 0.2) is 23.1 Å². The van der Waals surface area contributed by atoms with Crippen LogP contribution in [0.25, 0.3) is 0 Å². The largest absolute Gasteiger partial charge is 0.411 e. The first kappa shape index (κ1) is 15.5. The highest BCUT2D eigenvalue weighted by atomic mass is 32.2. The fraction of sp³-hybridized carbons (Fsp3) is 0.455. The SMILES string of the molecule is CS(=O)(=O)c1ccc(NC2(C(F)(F)F)CC2)c([N+](=O)[O-])c1. The van der Waals surface area contributed by atoms with E-state index in [9.17, 15) is 31.7 Å². The van der Waals surface area contributed by atoms with Gasteiger partial charge in [0.05, 0.1) is 9.82 Å². The second kappa shape index (κ2) is 4.58. The molecule has 0 atom stereocenters. The van der Waals surface area contributed by atoms with Crippen molar-refractivity contribution in [2.45, 2.75) is 29.5 Å². The summed E-state index contributed by atoms with van der Waals surface area (Å²) in [4.78, 5) is 9.71. The average Bonchev–Trinajstić information content (AvgIpc) is 3.08. The van der Waals surface area contributed by atoms with E-state index in [0.717, 1.165) is 24.5 Å². The average molecular weight is 324 g/mol. The van der Waals surface area contributed by atoms with Gasteiger partial charge >= 0.3 is 6.18 Å². The number of anilines is 1. The van der Waals surface area contributed by atoms with Crippen LogP contribution in [0, 0.1) is 10.1 Å². The fourth-order valence-corrected chi connectivity index (χ4v) is 2.50. The van der Waals surface area contributed by atoms with Crippen molar-refractivity contribution in [1.29, 1.82) is 0 Å². The van der Waals surface area contributed by atoms with E-state index in [0.29, 0.717) is 0 Å². The number of halogens is 3. The number of nitro benzene ring substituents is 1. The molecule has 0 bridgehead atoms. The van der Waals surface area contributed by atoms with Gasteiger partial charge in [0, 0.05) is 12.3 Å². The van der Waals surface area contributed by atoms with Crippen LogP contribution in [0.3, 0.4) is 0 Å². The normalized spacial score (nSPS) is 17.3. The van der Waals surface area contributed by atoms with Crippen LogP contribution in [0.2, 0.25) is 0 Å². The van der Waals surface area contributed by atoms with E-state index < -0.39 is 32.2 Å². The van der Waals surface area contributed by atoms with E-state index >= 15 is 0 Å². The summed E-state index contributed by atoms with van der Waals surface area (Å²) >= 11 is 0. The molecular formula is C11H11F3N2O4S. The van der Waals surface area contributed by atoms with E-state index in [-0.39, 0.29) is 23.4 Å². The summed E-state index contributed by atoms with van der Waals surface area (Å²) < 4.78 is 61.3. The third-order valence-corrected chi connectivity index (χ3v) is 4.37. The third kappa shape index (κ3) is 2.94. The Morgan fingerprint density at radius 1 is 1.33 bits per heavy atom. The first-order valence-electron chi connectivity index (χ1n) is 5.80. The van der Waals surface area contributed by atoms with Gasteiger partial charge < -0.3 is 5.32 Å². The van der Waals surface area contributed by atoms with Crippen molar-refractivity contribution in [1.82, 2.24) is 0 Å². The van der Waals surface area contributed by atoms with Crippen molar-refractivity contribution in [2.24, 2.45) is 0 Å². The molecule has 1 N–H and O–H groups in total. The van der Waals surface area contributed by atoms with Crippen LogP contribution in [-0.4, -0.2) is 31.3 Å². The van der Waals surface area contributed by atoms with Crippen molar-refractivity contribution >= 4 is 21.2 Å². The van der Waals surface area contributed by atoms with Crippen molar-refractivity contribution in [3.63, 3.8) is 0 Å². The lowest BCUT2D eigenvalue weighted by Crippen LogP contribution is -2.38. The first-order valence-corrected chi connectivity index (χ1v) is 7.69. The Hall–Kier alpha value is -1.84. The first-order chi connectivity index (χ1) is 9.46.